The van der Waals surface area contributed by atoms with E-state index >= 15 is 0 Å². The molecule has 0 spiro atoms. The number of amides is 1. The van der Waals surface area contributed by atoms with E-state index in [1.165, 1.54) is 0 Å². The van der Waals surface area contributed by atoms with Crippen LogP contribution in [0.3, 0.4) is 0 Å². The quantitative estimate of drug-likeness (QED) is 0.836. The number of hydrogen-bond acceptors (Lipinski definition) is 4. The number of rotatable bonds is 6. The van der Waals surface area contributed by atoms with Crippen LogP contribution in [0, 0.1) is 0 Å². The molecule has 0 aliphatic carbocycles. The van der Waals surface area contributed by atoms with E-state index in [0.29, 0.717) is 32.2 Å². The van der Waals surface area contributed by atoms with E-state index in [1.54, 1.807) is 0 Å². The standard InChI is InChI=1S/C15H22N2O3/c1-11(2)16-7-6-14(18)17-13-5-3-4-12(10-13)15-19-8-9-20-15/h3-5,10-11,15-16H,6-9H2,1-2H3,(H,17,18). The monoisotopic (exact) mass is 278 g/mol. The predicted molar refractivity (Wildman–Crippen MR) is 77.5 cm³/mol. The van der Waals surface area contributed by atoms with E-state index in [9.17, 15) is 4.79 Å². The Labute approximate surface area is 119 Å². The van der Waals surface area contributed by atoms with E-state index < -0.39 is 0 Å². The first-order valence-corrected chi connectivity index (χ1v) is 7.01. The molecule has 1 aliphatic rings. The fraction of sp³-hybridized carbons (Fsp3) is 0.533. The number of benzene rings is 1. The van der Waals surface area contributed by atoms with Crippen molar-refractivity contribution in [3.8, 4) is 0 Å². The summed E-state index contributed by atoms with van der Waals surface area (Å²) in [5.74, 6) is 0.00330. The molecule has 0 unspecified atom stereocenters. The van der Waals surface area contributed by atoms with E-state index in [-0.39, 0.29) is 12.2 Å². The van der Waals surface area contributed by atoms with Crippen LogP contribution in [-0.2, 0) is 14.3 Å². The molecule has 0 radical (unpaired) electrons. The summed E-state index contributed by atoms with van der Waals surface area (Å²) in [6.07, 6.45) is 0.146. The molecule has 110 valence electrons. The van der Waals surface area contributed by atoms with Crippen molar-refractivity contribution in [3.05, 3.63) is 29.8 Å². The lowest BCUT2D eigenvalue weighted by molar-refractivity contribution is -0.116. The van der Waals surface area contributed by atoms with Crippen LogP contribution in [0.15, 0.2) is 24.3 Å². The second kappa shape index (κ2) is 7.38. The van der Waals surface area contributed by atoms with Crippen molar-refractivity contribution >= 4 is 11.6 Å². The van der Waals surface area contributed by atoms with Gasteiger partial charge in [-0.1, -0.05) is 26.0 Å². The van der Waals surface area contributed by atoms with E-state index in [1.807, 2.05) is 24.3 Å². The Morgan fingerprint density at radius 1 is 1.35 bits per heavy atom. The summed E-state index contributed by atoms with van der Waals surface area (Å²) >= 11 is 0. The van der Waals surface area contributed by atoms with Gasteiger partial charge in [0.2, 0.25) is 5.91 Å². The van der Waals surface area contributed by atoms with Gasteiger partial charge in [0.15, 0.2) is 6.29 Å². The summed E-state index contributed by atoms with van der Waals surface area (Å²) in [5, 5.41) is 6.11. The first-order valence-electron chi connectivity index (χ1n) is 7.01. The molecular formula is C15H22N2O3. The minimum absolute atomic E-state index is 0.00330. The maximum Gasteiger partial charge on any atom is 0.225 e. The molecule has 1 saturated heterocycles. The molecule has 1 aromatic rings. The number of anilines is 1. The van der Waals surface area contributed by atoms with Crippen LogP contribution in [-0.4, -0.2) is 31.7 Å². The van der Waals surface area contributed by atoms with Gasteiger partial charge in [-0.2, -0.15) is 0 Å². The molecule has 5 heteroatoms. The van der Waals surface area contributed by atoms with Gasteiger partial charge in [-0.05, 0) is 12.1 Å². The van der Waals surface area contributed by atoms with Crippen molar-refractivity contribution in [2.75, 3.05) is 25.1 Å². The van der Waals surface area contributed by atoms with Gasteiger partial charge in [-0.3, -0.25) is 4.79 Å². The molecule has 1 aliphatic heterocycles. The third-order valence-electron chi connectivity index (χ3n) is 2.97. The van der Waals surface area contributed by atoms with Gasteiger partial charge >= 0.3 is 0 Å². The van der Waals surface area contributed by atoms with Crippen molar-refractivity contribution in [2.24, 2.45) is 0 Å². The average molecular weight is 278 g/mol. The zero-order valence-corrected chi connectivity index (χ0v) is 12.0. The highest BCUT2D eigenvalue weighted by molar-refractivity contribution is 5.90. The highest BCUT2D eigenvalue weighted by Gasteiger charge is 2.18. The number of hydrogen-bond donors (Lipinski definition) is 2. The lowest BCUT2D eigenvalue weighted by Crippen LogP contribution is -2.27. The second-order valence-electron chi connectivity index (χ2n) is 5.11. The van der Waals surface area contributed by atoms with E-state index in [2.05, 4.69) is 24.5 Å². The largest absolute Gasteiger partial charge is 0.346 e. The zero-order valence-electron chi connectivity index (χ0n) is 12.0. The molecule has 0 bridgehead atoms. The predicted octanol–water partition coefficient (Wildman–Crippen LogP) is 2.06. The molecule has 1 amide bonds. The Morgan fingerprint density at radius 2 is 2.10 bits per heavy atom. The summed E-state index contributed by atoms with van der Waals surface area (Å²) in [4.78, 5) is 11.8. The summed E-state index contributed by atoms with van der Waals surface area (Å²) in [6, 6.07) is 7.98. The molecule has 1 heterocycles. The van der Waals surface area contributed by atoms with Crippen LogP contribution in [0.5, 0.6) is 0 Å². The van der Waals surface area contributed by atoms with Crippen molar-refractivity contribution in [1.82, 2.24) is 5.32 Å². The topological polar surface area (TPSA) is 59.6 Å². The van der Waals surface area contributed by atoms with Gasteiger partial charge in [0.05, 0.1) is 13.2 Å². The molecule has 2 N–H and O–H groups in total. The van der Waals surface area contributed by atoms with Gasteiger partial charge in [0.1, 0.15) is 0 Å². The van der Waals surface area contributed by atoms with Gasteiger partial charge in [0.25, 0.3) is 0 Å². The molecule has 2 rings (SSSR count). The molecule has 0 saturated carbocycles. The third-order valence-corrected chi connectivity index (χ3v) is 2.97. The summed E-state index contributed by atoms with van der Waals surface area (Å²) in [5.41, 5.74) is 1.71. The summed E-state index contributed by atoms with van der Waals surface area (Å²) in [6.45, 7) is 6.02. The number of carbonyl (C=O) groups is 1. The Kier molecular flexibility index (Phi) is 5.52. The van der Waals surface area contributed by atoms with Crippen molar-refractivity contribution in [1.29, 1.82) is 0 Å². The summed E-state index contributed by atoms with van der Waals surface area (Å²) in [7, 11) is 0. The Balaban J connectivity index is 1.85. The minimum atomic E-state index is -0.311. The molecule has 20 heavy (non-hydrogen) atoms. The summed E-state index contributed by atoms with van der Waals surface area (Å²) < 4.78 is 10.9. The minimum Gasteiger partial charge on any atom is -0.346 e. The van der Waals surface area contributed by atoms with Crippen LogP contribution >= 0.6 is 0 Å². The van der Waals surface area contributed by atoms with Gasteiger partial charge < -0.3 is 20.1 Å². The van der Waals surface area contributed by atoms with Crippen LogP contribution in [0.1, 0.15) is 32.1 Å². The number of ether oxygens (including phenoxy) is 2. The highest BCUT2D eigenvalue weighted by Crippen LogP contribution is 2.25. The maximum absolute atomic E-state index is 11.8. The SMILES string of the molecule is CC(C)NCCC(=O)Nc1cccc(C2OCCO2)c1. The van der Waals surface area contributed by atoms with Crippen molar-refractivity contribution in [2.45, 2.75) is 32.6 Å². The lowest BCUT2D eigenvalue weighted by Gasteiger charge is -2.12. The van der Waals surface area contributed by atoms with Crippen molar-refractivity contribution in [3.63, 3.8) is 0 Å². The maximum atomic E-state index is 11.8. The third kappa shape index (κ3) is 4.59. The second-order valence-corrected chi connectivity index (χ2v) is 5.11. The highest BCUT2D eigenvalue weighted by atomic mass is 16.7. The first-order chi connectivity index (χ1) is 9.65. The first kappa shape index (κ1) is 15.0. The Hall–Kier alpha value is -1.43. The van der Waals surface area contributed by atoms with Crippen LogP contribution in [0.2, 0.25) is 0 Å². The van der Waals surface area contributed by atoms with Crippen molar-refractivity contribution < 1.29 is 14.3 Å². The van der Waals surface area contributed by atoms with Gasteiger partial charge in [0, 0.05) is 30.3 Å². The van der Waals surface area contributed by atoms with Crippen LogP contribution < -0.4 is 10.6 Å². The zero-order chi connectivity index (χ0) is 14.4. The molecule has 0 aromatic heterocycles. The number of carbonyl (C=O) groups excluding carboxylic acids is 1. The molecule has 1 aromatic carbocycles. The molecule has 1 fully saturated rings. The van der Waals surface area contributed by atoms with Crippen LogP contribution in [0.25, 0.3) is 0 Å². The molecule has 0 atom stereocenters. The van der Waals surface area contributed by atoms with Crippen LogP contribution in [0.4, 0.5) is 5.69 Å². The smallest absolute Gasteiger partial charge is 0.225 e. The normalized spacial score (nSPS) is 15.8. The average Bonchev–Trinajstić information content (AvgIpc) is 2.92. The lowest BCUT2D eigenvalue weighted by atomic mass is 10.2. The fourth-order valence-corrected chi connectivity index (χ4v) is 2.01. The molecular weight excluding hydrogens is 256 g/mol. The Bertz CT molecular complexity index is 442. The van der Waals surface area contributed by atoms with E-state index in [0.717, 1.165) is 11.3 Å². The van der Waals surface area contributed by atoms with Gasteiger partial charge in [-0.15, -0.1) is 0 Å². The Morgan fingerprint density at radius 3 is 2.80 bits per heavy atom. The van der Waals surface area contributed by atoms with E-state index in [4.69, 9.17) is 9.47 Å². The fourth-order valence-electron chi connectivity index (χ4n) is 2.01. The molecule has 5 nitrogen and oxygen atoms in total. The van der Waals surface area contributed by atoms with Gasteiger partial charge in [-0.25, -0.2) is 0 Å². The number of nitrogens with one attached hydrogen (secondary N) is 2.